The number of nitrogens with two attached hydrogens (primary N) is 1. The van der Waals surface area contributed by atoms with Crippen LogP contribution in [0.3, 0.4) is 0 Å². The van der Waals surface area contributed by atoms with Crippen molar-refractivity contribution in [3.05, 3.63) is 48.4 Å². The fraction of sp³-hybridized carbons (Fsp3) is 0.176. The number of nitrogens with zero attached hydrogens (tertiary/aromatic N) is 2. The van der Waals surface area contributed by atoms with Crippen molar-refractivity contribution in [1.82, 2.24) is 9.97 Å². The lowest BCUT2D eigenvalue weighted by atomic mass is 9.99. The fourth-order valence-corrected chi connectivity index (χ4v) is 2.46. The normalized spacial score (nSPS) is 13.8. The Morgan fingerprint density at radius 3 is 2.46 bits per heavy atom. The Labute approximate surface area is 146 Å². The molecule has 1 aromatic carbocycles. The molecule has 0 saturated carbocycles. The Morgan fingerprint density at radius 1 is 1.15 bits per heavy atom. The molecule has 26 heavy (non-hydrogen) atoms. The summed E-state index contributed by atoms with van der Waals surface area (Å²) in [4.78, 5) is 8.32. The van der Waals surface area contributed by atoms with E-state index in [0.29, 0.717) is 23.4 Å². The summed E-state index contributed by atoms with van der Waals surface area (Å²) in [6.45, 7) is 0.357. The molecule has 9 heteroatoms. The molecule has 0 saturated heterocycles. The Bertz CT molecular complexity index is 862. The molecule has 1 aliphatic heterocycles. The van der Waals surface area contributed by atoms with E-state index in [2.05, 4.69) is 14.7 Å². The van der Waals surface area contributed by atoms with Crippen LogP contribution in [-0.4, -0.2) is 30.0 Å². The number of allylic oxidation sites excluding steroid dienone is 2. The third kappa shape index (κ3) is 3.88. The first-order chi connectivity index (χ1) is 12.4. The first kappa shape index (κ1) is 17.6. The van der Waals surface area contributed by atoms with E-state index in [-0.39, 0.29) is 17.6 Å². The summed E-state index contributed by atoms with van der Waals surface area (Å²) in [6, 6.07) is 5.34. The van der Waals surface area contributed by atoms with Crippen LogP contribution in [0, 0.1) is 0 Å². The molecule has 1 aromatic heterocycles. The zero-order chi connectivity index (χ0) is 18.7. The number of alkyl halides is 3. The monoisotopic (exact) mass is 365 g/mol. The second kappa shape index (κ2) is 6.95. The third-order valence-electron chi connectivity index (χ3n) is 3.48. The highest BCUT2D eigenvalue weighted by molar-refractivity contribution is 5.86. The van der Waals surface area contributed by atoms with Crippen LogP contribution in [-0.2, 0) is 4.74 Å². The third-order valence-corrected chi connectivity index (χ3v) is 3.48. The van der Waals surface area contributed by atoms with Crippen molar-refractivity contribution in [3.8, 4) is 22.8 Å². The lowest BCUT2D eigenvalue weighted by Crippen LogP contribution is -2.17. The number of benzene rings is 1. The number of halogens is 3. The Balaban J connectivity index is 2.08. The molecule has 2 aromatic rings. The van der Waals surface area contributed by atoms with Crippen LogP contribution in [0.2, 0.25) is 0 Å². The van der Waals surface area contributed by atoms with Crippen molar-refractivity contribution in [3.63, 3.8) is 0 Å². The van der Waals surface area contributed by atoms with Gasteiger partial charge in [0.05, 0.1) is 24.6 Å². The minimum absolute atomic E-state index is 0.0124. The highest BCUT2D eigenvalue weighted by Gasteiger charge is 2.31. The molecule has 0 spiro atoms. The van der Waals surface area contributed by atoms with Gasteiger partial charge in [0.2, 0.25) is 11.8 Å². The molecule has 0 unspecified atom stereocenters. The number of anilines is 1. The first-order valence-corrected chi connectivity index (χ1v) is 7.44. The molecule has 3 rings (SSSR count). The molecule has 0 aliphatic carbocycles. The van der Waals surface area contributed by atoms with E-state index < -0.39 is 6.36 Å². The van der Waals surface area contributed by atoms with E-state index in [9.17, 15) is 13.2 Å². The van der Waals surface area contributed by atoms with Crippen LogP contribution >= 0.6 is 0 Å². The van der Waals surface area contributed by atoms with Gasteiger partial charge in [-0.15, -0.1) is 13.2 Å². The number of hydrogen-bond donors (Lipinski definition) is 1. The second-order valence-corrected chi connectivity index (χ2v) is 5.18. The van der Waals surface area contributed by atoms with Crippen LogP contribution in [0.25, 0.3) is 16.7 Å². The number of aromatic nitrogens is 2. The zero-order valence-corrected chi connectivity index (χ0v) is 13.6. The average molecular weight is 365 g/mol. The maximum atomic E-state index is 12.3. The lowest BCUT2D eigenvalue weighted by Gasteiger charge is -2.16. The SMILES string of the molecule is COc1nc(N)nc(C2=CCOC=C2)c1-c1ccc(OC(F)(F)F)cc1. The highest BCUT2D eigenvalue weighted by atomic mass is 19.4. The van der Waals surface area contributed by atoms with Crippen molar-refractivity contribution in [2.24, 2.45) is 0 Å². The standard InChI is InChI=1S/C17H14F3N3O3/c1-24-15-13(10-2-4-12(5-3-10)26-17(18,19)20)14(22-16(21)23-15)11-6-8-25-9-7-11/h2-8H,9H2,1H3,(H2,21,22,23). The van der Waals surface area contributed by atoms with Crippen LogP contribution in [0.1, 0.15) is 5.69 Å². The summed E-state index contributed by atoms with van der Waals surface area (Å²) in [5.41, 5.74) is 8.01. The highest BCUT2D eigenvalue weighted by Crippen LogP contribution is 2.37. The van der Waals surface area contributed by atoms with E-state index in [1.54, 1.807) is 12.2 Å². The Morgan fingerprint density at radius 2 is 1.88 bits per heavy atom. The summed E-state index contributed by atoms with van der Waals surface area (Å²) in [7, 11) is 1.42. The van der Waals surface area contributed by atoms with Crippen LogP contribution < -0.4 is 15.2 Å². The number of ether oxygens (including phenoxy) is 3. The molecule has 0 radical (unpaired) electrons. The smallest absolute Gasteiger partial charge is 0.497 e. The number of rotatable bonds is 4. The maximum absolute atomic E-state index is 12.3. The summed E-state index contributed by atoms with van der Waals surface area (Å²) >= 11 is 0. The molecule has 0 bridgehead atoms. The predicted octanol–water partition coefficient (Wildman–Crippen LogP) is 3.56. The summed E-state index contributed by atoms with van der Waals surface area (Å²) < 4.78 is 51.3. The topological polar surface area (TPSA) is 79.5 Å². The van der Waals surface area contributed by atoms with Gasteiger partial charge in [0.15, 0.2) is 0 Å². The molecular weight excluding hydrogens is 351 g/mol. The summed E-state index contributed by atoms with van der Waals surface area (Å²) in [5.74, 6) is -0.112. The molecule has 1 aliphatic rings. The van der Waals surface area contributed by atoms with Gasteiger partial charge in [-0.1, -0.05) is 12.1 Å². The molecule has 6 nitrogen and oxygen atoms in total. The van der Waals surface area contributed by atoms with Crippen molar-refractivity contribution < 1.29 is 27.4 Å². The number of nitrogen functional groups attached to an aromatic ring is 1. The molecule has 0 atom stereocenters. The van der Waals surface area contributed by atoms with Gasteiger partial charge in [-0.3, -0.25) is 0 Å². The van der Waals surface area contributed by atoms with Crippen molar-refractivity contribution in [2.45, 2.75) is 6.36 Å². The van der Waals surface area contributed by atoms with Gasteiger partial charge >= 0.3 is 6.36 Å². The zero-order valence-electron chi connectivity index (χ0n) is 13.6. The fourth-order valence-electron chi connectivity index (χ4n) is 2.46. The van der Waals surface area contributed by atoms with Crippen LogP contribution in [0.4, 0.5) is 19.1 Å². The van der Waals surface area contributed by atoms with Gasteiger partial charge in [-0.2, -0.15) is 4.98 Å². The summed E-state index contributed by atoms with van der Waals surface area (Å²) in [6.07, 6.45) is 0.262. The van der Waals surface area contributed by atoms with E-state index in [0.717, 1.165) is 5.57 Å². The van der Waals surface area contributed by atoms with E-state index in [1.807, 2.05) is 0 Å². The molecular formula is C17H14F3N3O3. The van der Waals surface area contributed by atoms with Crippen LogP contribution in [0.15, 0.2) is 42.7 Å². The molecule has 2 N–H and O–H groups in total. The largest absolute Gasteiger partial charge is 0.573 e. The van der Waals surface area contributed by atoms with Crippen molar-refractivity contribution >= 4 is 11.5 Å². The van der Waals surface area contributed by atoms with Gasteiger partial charge in [-0.05, 0) is 29.8 Å². The molecule has 2 heterocycles. The van der Waals surface area contributed by atoms with E-state index in [1.165, 1.54) is 37.6 Å². The lowest BCUT2D eigenvalue weighted by molar-refractivity contribution is -0.274. The van der Waals surface area contributed by atoms with Gasteiger partial charge < -0.3 is 19.9 Å². The van der Waals surface area contributed by atoms with Gasteiger partial charge in [0.25, 0.3) is 0 Å². The van der Waals surface area contributed by atoms with Crippen molar-refractivity contribution in [1.29, 1.82) is 0 Å². The van der Waals surface area contributed by atoms with Gasteiger partial charge in [0.1, 0.15) is 12.4 Å². The number of hydrogen-bond acceptors (Lipinski definition) is 6. The molecule has 0 amide bonds. The Kier molecular flexibility index (Phi) is 4.70. The average Bonchev–Trinajstić information content (AvgIpc) is 2.61. The van der Waals surface area contributed by atoms with Crippen LogP contribution in [0.5, 0.6) is 11.6 Å². The number of methoxy groups -OCH3 is 1. The first-order valence-electron chi connectivity index (χ1n) is 7.44. The van der Waals surface area contributed by atoms with Gasteiger partial charge in [-0.25, -0.2) is 4.98 Å². The predicted molar refractivity (Wildman–Crippen MR) is 88.2 cm³/mol. The molecule has 136 valence electrons. The molecule has 0 fully saturated rings. The minimum atomic E-state index is -4.76. The Hall–Kier alpha value is -3.23. The minimum Gasteiger partial charge on any atom is -0.497 e. The van der Waals surface area contributed by atoms with E-state index in [4.69, 9.17) is 15.2 Å². The van der Waals surface area contributed by atoms with Gasteiger partial charge in [0, 0.05) is 5.57 Å². The summed E-state index contributed by atoms with van der Waals surface area (Å²) in [5, 5.41) is 0. The second-order valence-electron chi connectivity index (χ2n) is 5.18. The van der Waals surface area contributed by atoms with E-state index >= 15 is 0 Å². The maximum Gasteiger partial charge on any atom is 0.573 e. The quantitative estimate of drug-likeness (QED) is 0.893. The van der Waals surface area contributed by atoms with Crippen molar-refractivity contribution in [2.75, 3.05) is 19.5 Å².